The van der Waals surface area contributed by atoms with Gasteiger partial charge in [-0.05, 0) is 37.6 Å². The number of carbonyl (C=O) groups is 2. The van der Waals surface area contributed by atoms with Gasteiger partial charge >= 0.3 is 0 Å². The molecule has 1 N–H and O–H groups in total. The van der Waals surface area contributed by atoms with Crippen molar-refractivity contribution >= 4 is 17.5 Å². The Kier molecular flexibility index (Phi) is 6.82. The summed E-state index contributed by atoms with van der Waals surface area (Å²) in [6, 6.07) is 8.43. The molecule has 138 valence electrons. The fourth-order valence-corrected chi connectivity index (χ4v) is 3.24. The minimum absolute atomic E-state index is 0.0304. The zero-order valence-electron chi connectivity index (χ0n) is 15.8. The number of nitrogens with one attached hydrogen (secondary N) is 1. The smallest absolute Gasteiger partial charge is 0.236 e. The van der Waals surface area contributed by atoms with Crippen molar-refractivity contribution in [2.24, 2.45) is 0 Å². The summed E-state index contributed by atoms with van der Waals surface area (Å²) in [6.45, 7) is 4.03. The molecule has 1 aliphatic heterocycles. The Morgan fingerprint density at radius 2 is 2.04 bits per heavy atom. The van der Waals surface area contributed by atoms with Crippen LogP contribution in [0.3, 0.4) is 0 Å². The number of hydrogen-bond acceptors (Lipinski definition) is 4. The van der Waals surface area contributed by atoms with Crippen molar-refractivity contribution in [3.8, 4) is 0 Å². The van der Waals surface area contributed by atoms with Gasteiger partial charge in [0.2, 0.25) is 11.8 Å². The zero-order chi connectivity index (χ0) is 18.4. The Labute approximate surface area is 150 Å². The van der Waals surface area contributed by atoms with Gasteiger partial charge in [0, 0.05) is 52.4 Å². The molecule has 6 nitrogen and oxygen atoms in total. The van der Waals surface area contributed by atoms with Gasteiger partial charge < -0.3 is 15.1 Å². The maximum Gasteiger partial charge on any atom is 0.236 e. The monoisotopic (exact) mass is 346 g/mol. The molecule has 6 heteroatoms. The number of carbonyl (C=O) groups excluding carboxylic acids is 2. The Bertz CT molecular complexity index is 603. The van der Waals surface area contributed by atoms with Crippen LogP contribution >= 0.6 is 0 Å². The van der Waals surface area contributed by atoms with Gasteiger partial charge in [-0.25, -0.2) is 0 Å². The molecule has 1 saturated heterocycles. The fourth-order valence-electron chi connectivity index (χ4n) is 3.24. The quantitative estimate of drug-likeness (QED) is 0.844. The molecule has 1 aromatic carbocycles. The van der Waals surface area contributed by atoms with Crippen molar-refractivity contribution in [3.05, 3.63) is 29.8 Å². The molecule has 1 aliphatic rings. The molecule has 1 aromatic rings. The summed E-state index contributed by atoms with van der Waals surface area (Å²) in [7, 11) is 6.01. The van der Waals surface area contributed by atoms with Crippen molar-refractivity contribution in [3.63, 3.8) is 0 Å². The molecule has 1 heterocycles. The maximum absolute atomic E-state index is 12.6. The third-order valence-corrected chi connectivity index (χ3v) is 4.47. The number of rotatable bonds is 6. The van der Waals surface area contributed by atoms with Crippen LogP contribution in [0.15, 0.2) is 24.3 Å². The largest absolute Gasteiger partial charge is 0.378 e. The molecule has 0 aliphatic carbocycles. The van der Waals surface area contributed by atoms with Crippen molar-refractivity contribution in [1.29, 1.82) is 0 Å². The van der Waals surface area contributed by atoms with Crippen LogP contribution in [0, 0.1) is 0 Å². The number of amides is 2. The van der Waals surface area contributed by atoms with Crippen molar-refractivity contribution < 1.29 is 9.59 Å². The first-order chi connectivity index (χ1) is 11.8. The minimum Gasteiger partial charge on any atom is -0.378 e. The zero-order valence-corrected chi connectivity index (χ0v) is 15.8. The van der Waals surface area contributed by atoms with Gasteiger partial charge in [0.25, 0.3) is 0 Å². The number of likely N-dealkylation sites (N-methyl/N-ethyl adjacent to an activating group) is 1. The van der Waals surface area contributed by atoms with Gasteiger partial charge in [0.1, 0.15) is 0 Å². The number of benzene rings is 1. The van der Waals surface area contributed by atoms with E-state index < -0.39 is 0 Å². The third-order valence-electron chi connectivity index (χ3n) is 4.47. The van der Waals surface area contributed by atoms with E-state index in [9.17, 15) is 9.59 Å². The highest BCUT2D eigenvalue weighted by atomic mass is 16.2. The molecule has 2 amide bonds. The maximum atomic E-state index is 12.6. The minimum atomic E-state index is -0.0304. The van der Waals surface area contributed by atoms with E-state index in [1.807, 2.05) is 37.0 Å². The summed E-state index contributed by atoms with van der Waals surface area (Å²) in [5, 5.41) is 2.93. The second kappa shape index (κ2) is 8.85. The summed E-state index contributed by atoms with van der Waals surface area (Å²) in [5.74, 6) is 0.0958. The number of hydrogen-bond donors (Lipinski definition) is 1. The van der Waals surface area contributed by atoms with Crippen molar-refractivity contribution in [2.75, 3.05) is 45.7 Å². The lowest BCUT2D eigenvalue weighted by Crippen LogP contribution is -2.51. The molecule has 0 radical (unpaired) electrons. The summed E-state index contributed by atoms with van der Waals surface area (Å²) in [5.41, 5.74) is 2.35. The fraction of sp³-hybridized carbons (Fsp3) is 0.579. The second-order valence-corrected chi connectivity index (χ2v) is 7.12. The van der Waals surface area contributed by atoms with E-state index in [-0.39, 0.29) is 17.9 Å². The second-order valence-electron chi connectivity index (χ2n) is 7.12. The highest BCUT2D eigenvalue weighted by Crippen LogP contribution is 2.15. The van der Waals surface area contributed by atoms with Gasteiger partial charge in [0.05, 0.1) is 6.54 Å². The first-order valence-corrected chi connectivity index (χ1v) is 8.85. The van der Waals surface area contributed by atoms with Crippen LogP contribution < -0.4 is 10.2 Å². The Balaban J connectivity index is 1.87. The van der Waals surface area contributed by atoms with Gasteiger partial charge in [-0.2, -0.15) is 0 Å². The molecule has 0 bridgehead atoms. The summed E-state index contributed by atoms with van der Waals surface area (Å²) in [6.07, 6.45) is 1.88. The highest BCUT2D eigenvalue weighted by molar-refractivity contribution is 5.78. The van der Waals surface area contributed by atoms with Gasteiger partial charge in [-0.3, -0.25) is 14.5 Å². The topological polar surface area (TPSA) is 55.9 Å². The Morgan fingerprint density at radius 3 is 2.72 bits per heavy atom. The number of nitrogens with zero attached hydrogens (tertiary/aromatic N) is 3. The number of likely N-dealkylation sites (tertiary alicyclic amines) is 1. The van der Waals surface area contributed by atoms with E-state index in [0.717, 1.165) is 31.6 Å². The lowest BCUT2D eigenvalue weighted by molar-refractivity contribution is -0.134. The van der Waals surface area contributed by atoms with E-state index in [1.165, 1.54) is 12.5 Å². The normalized spacial score (nSPS) is 17.5. The molecule has 0 spiro atoms. The number of piperidine rings is 1. The highest BCUT2D eigenvalue weighted by Gasteiger charge is 2.24. The average molecular weight is 346 g/mol. The SMILES string of the molecule is CC(=O)NC1CCCN(C(=O)CN(C)Cc2cccc(N(C)C)c2)C1. The van der Waals surface area contributed by atoms with Gasteiger partial charge in [-0.1, -0.05) is 12.1 Å². The van der Waals surface area contributed by atoms with Crippen molar-refractivity contribution in [1.82, 2.24) is 15.1 Å². The first kappa shape index (κ1) is 19.2. The molecule has 0 saturated carbocycles. The van der Waals surface area contributed by atoms with E-state index in [4.69, 9.17) is 0 Å². The van der Waals surface area contributed by atoms with Gasteiger partial charge in [0.15, 0.2) is 0 Å². The molecule has 0 aromatic heterocycles. The predicted molar refractivity (Wildman–Crippen MR) is 101 cm³/mol. The summed E-state index contributed by atoms with van der Waals surface area (Å²) >= 11 is 0. The van der Waals surface area contributed by atoms with E-state index in [0.29, 0.717) is 13.1 Å². The van der Waals surface area contributed by atoms with Crippen molar-refractivity contribution in [2.45, 2.75) is 32.4 Å². The lowest BCUT2D eigenvalue weighted by Gasteiger charge is -2.34. The van der Waals surface area contributed by atoms with Crippen LogP contribution in [0.25, 0.3) is 0 Å². The van der Waals surface area contributed by atoms with Crippen LogP contribution in [-0.2, 0) is 16.1 Å². The molecule has 1 atom stereocenters. The van der Waals surface area contributed by atoms with E-state index in [1.54, 1.807) is 0 Å². The standard InChI is InChI=1S/C19H30N4O2/c1-15(24)20-17-8-6-10-23(13-17)19(25)14-22(4)12-16-7-5-9-18(11-16)21(2)3/h5,7,9,11,17H,6,8,10,12-14H2,1-4H3,(H,20,24). The van der Waals surface area contributed by atoms with Crippen LogP contribution in [0.2, 0.25) is 0 Å². The van der Waals surface area contributed by atoms with Crippen LogP contribution in [0.1, 0.15) is 25.3 Å². The van der Waals surface area contributed by atoms with E-state index in [2.05, 4.69) is 28.4 Å². The Morgan fingerprint density at radius 1 is 1.28 bits per heavy atom. The lowest BCUT2D eigenvalue weighted by atomic mass is 10.1. The van der Waals surface area contributed by atoms with Crippen LogP contribution in [0.4, 0.5) is 5.69 Å². The number of anilines is 1. The third kappa shape index (κ3) is 6.05. The van der Waals surface area contributed by atoms with E-state index >= 15 is 0 Å². The summed E-state index contributed by atoms with van der Waals surface area (Å²) in [4.78, 5) is 29.8. The molecule has 2 rings (SSSR count). The van der Waals surface area contributed by atoms with Gasteiger partial charge in [-0.15, -0.1) is 0 Å². The first-order valence-electron chi connectivity index (χ1n) is 8.85. The molecular formula is C19H30N4O2. The summed E-state index contributed by atoms with van der Waals surface area (Å²) < 4.78 is 0. The van der Waals surface area contributed by atoms with Crippen LogP contribution in [0.5, 0.6) is 0 Å². The average Bonchev–Trinajstić information content (AvgIpc) is 2.54. The van der Waals surface area contributed by atoms with Crippen LogP contribution in [-0.4, -0.2) is 68.4 Å². The molecule has 1 fully saturated rings. The predicted octanol–water partition coefficient (Wildman–Crippen LogP) is 1.31. The Hall–Kier alpha value is -2.08. The molecule has 25 heavy (non-hydrogen) atoms. The molecule has 1 unspecified atom stereocenters. The molecular weight excluding hydrogens is 316 g/mol.